The Morgan fingerprint density at radius 2 is 2.21 bits per heavy atom. The molecule has 2 rings (SSSR count). The second kappa shape index (κ2) is 5.76. The molecule has 1 aliphatic carbocycles. The quantitative estimate of drug-likeness (QED) is 0.626. The Morgan fingerprint density at radius 1 is 1.47 bits per heavy atom. The van der Waals surface area contributed by atoms with Gasteiger partial charge < -0.3 is 4.90 Å². The van der Waals surface area contributed by atoms with Gasteiger partial charge in [0.15, 0.2) is 0 Å². The minimum atomic E-state index is 0.172. The third-order valence-electron chi connectivity index (χ3n) is 2.83. The summed E-state index contributed by atoms with van der Waals surface area (Å²) in [6, 6.07) is 5.72. The van der Waals surface area contributed by atoms with E-state index in [0.29, 0.717) is 22.9 Å². The first-order valence-corrected chi connectivity index (χ1v) is 6.64. The third kappa shape index (κ3) is 3.26. The Hall–Kier alpha value is -2.00. The van der Waals surface area contributed by atoms with Crippen LogP contribution in [0.2, 0.25) is 0 Å². The Morgan fingerprint density at radius 3 is 2.74 bits per heavy atom. The summed E-state index contributed by atoms with van der Waals surface area (Å²) < 4.78 is 14.4. The third-order valence-corrected chi connectivity index (χ3v) is 3.12. The largest absolute Gasteiger partial charge is 0.369 e. The van der Waals surface area contributed by atoms with Gasteiger partial charge in [0.05, 0.1) is 23.3 Å². The summed E-state index contributed by atoms with van der Waals surface area (Å²) in [7, 11) is 3.72. The fourth-order valence-corrected chi connectivity index (χ4v) is 2.04. The molecule has 0 saturated heterocycles. The molecule has 0 spiro atoms. The van der Waals surface area contributed by atoms with Crippen molar-refractivity contribution >= 4 is 29.2 Å². The maximum Gasteiger partial charge on any atom is 0.205 e. The Bertz CT molecular complexity index is 608. The Balaban J connectivity index is 2.55. The van der Waals surface area contributed by atoms with Crippen LogP contribution in [0.15, 0.2) is 21.5 Å². The van der Waals surface area contributed by atoms with Gasteiger partial charge in [-0.15, -0.1) is 0 Å². The average Bonchev–Trinajstić information content (AvgIpc) is 3.20. The number of hydrogen-bond donors (Lipinski definition) is 0. The predicted molar refractivity (Wildman–Crippen MR) is 75.2 cm³/mol. The van der Waals surface area contributed by atoms with E-state index in [-0.39, 0.29) is 11.5 Å². The monoisotopic (exact) mass is 274 g/mol. The van der Waals surface area contributed by atoms with Crippen LogP contribution in [0.4, 0.5) is 11.4 Å². The Labute approximate surface area is 115 Å². The van der Waals surface area contributed by atoms with Gasteiger partial charge in [0, 0.05) is 14.1 Å². The molecular formula is C13H14N4OS. The van der Waals surface area contributed by atoms with E-state index in [1.165, 1.54) is 0 Å². The van der Waals surface area contributed by atoms with Gasteiger partial charge >= 0.3 is 0 Å². The van der Waals surface area contributed by atoms with Gasteiger partial charge in [-0.05, 0) is 36.5 Å². The zero-order valence-electron chi connectivity index (χ0n) is 10.8. The fraction of sp³-hybridized carbons (Fsp3) is 0.385. The van der Waals surface area contributed by atoms with Gasteiger partial charge in [0.1, 0.15) is 6.07 Å². The first-order chi connectivity index (χ1) is 9.15. The molecule has 19 heavy (non-hydrogen) atoms. The molecule has 1 aromatic rings. The van der Waals surface area contributed by atoms with Crippen molar-refractivity contribution in [1.29, 1.82) is 5.26 Å². The van der Waals surface area contributed by atoms with E-state index in [4.69, 9.17) is 0 Å². The topological polar surface area (TPSA) is 68.8 Å². The van der Waals surface area contributed by atoms with Crippen molar-refractivity contribution in [3.8, 4) is 6.07 Å². The van der Waals surface area contributed by atoms with Crippen molar-refractivity contribution in [3.63, 3.8) is 0 Å². The SMILES string of the molecule is CN(C)/C=N/c1cc(N=S=O)cc(C2CC2)c1C#N. The summed E-state index contributed by atoms with van der Waals surface area (Å²) in [6.07, 6.45) is 3.81. The molecule has 0 aromatic heterocycles. The van der Waals surface area contributed by atoms with Crippen molar-refractivity contribution in [1.82, 2.24) is 4.90 Å². The average molecular weight is 274 g/mol. The van der Waals surface area contributed by atoms with E-state index < -0.39 is 0 Å². The van der Waals surface area contributed by atoms with Gasteiger partial charge in [-0.2, -0.15) is 13.8 Å². The molecule has 0 amide bonds. The van der Waals surface area contributed by atoms with Crippen molar-refractivity contribution in [3.05, 3.63) is 23.3 Å². The smallest absolute Gasteiger partial charge is 0.205 e. The number of hydrogen-bond acceptors (Lipinski definition) is 4. The summed E-state index contributed by atoms with van der Waals surface area (Å²) in [5.41, 5.74) is 2.71. The van der Waals surface area contributed by atoms with Crippen LogP contribution in [0.5, 0.6) is 0 Å². The van der Waals surface area contributed by atoms with Crippen LogP contribution in [0.25, 0.3) is 0 Å². The molecule has 1 fully saturated rings. The predicted octanol–water partition coefficient (Wildman–Crippen LogP) is 2.69. The van der Waals surface area contributed by atoms with Gasteiger partial charge in [0.25, 0.3) is 0 Å². The van der Waals surface area contributed by atoms with Crippen LogP contribution in [-0.4, -0.2) is 29.5 Å². The number of rotatable bonds is 4. The molecule has 0 radical (unpaired) electrons. The zero-order chi connectivity index (χ0) is 13.8. The van der Waals surface area contributed by atoms with E-state index in [9.17, 15) is 9.47 Å². The maximum absolute atomic E-state index is 10.6. The summed E-state index contributed by atoms with van der Waals surface area (Å²) in [4.78, 5) is 6.09. The highest BCUT2D eigenvalue weighted by Crippen LogP contribution is 2.45. The highest BCUT2D eigenvalue weighted by molar-refractivity contribution is 7.54. The lowest BCUT2D eigenvalue weighted by atomic mass is 10.0. The molecule has 1 aromatic carbocycles. The van der Waals surface area contributed by atoms with E-state index in [1.807, 2.05) is 20.2 Å². The summed E-state index contributed by atoms with van der Waals surface area (Å²) in [5.74, 6) is 0.412. The van der Waals surface area contributed by atoms with Gasteiger partial charge in [-0.3, -0.25) is 0 Å². The molecule has 1 saturated carbocycles. The number of nitrogens with zero attached hydrogens (tertiary/aromatic N) is 4. The zero-order valence-corrected chi connectivity index (χ0v) is 11.6. The standard InChI is InChI=1S/C13H14N4OS/c1-17(2)8-15-13-6-10(16-19-18)5-11(9-3-4-9)12(13)7-14/h5-6,8-9H,3-4H2,1-2H3/b15-8+. The van der Waals surface area contributed by atoms with E-state index in [1.54, 1.807) is 17.3 Å². The van der Waals surface area contributed by atoms with Crippen LogP contribution in [0.3, 0.4) is 0 Å². The number of benzene rings is 1. The summed E-state index contributed by atoms with van der Waals surface area (Å²) in [5, 5.41) is 9.33. The molecule has 0 heterocycles. The lowest BCUT2D eigenvalue weighted by molar-refractivity contribution is 0.643. The van der Waals surface area contributed by atoms with Crippen molar-refractivity contribution in [2.45, 2.75) is 18.8 Å². The van der Waals surface area contributed by atoms with Gasteiger partial charge in [0.2, 0.25) is 11.5 Å². The Kier molecular flexibility index (Phi) is 4.07. The van der Waals surface area contributed by atoms with E-state index >= 15 is 0 Å². The first kappa shape index (κ1) is 13.4. The summed E-state index contributed by atoms with van der Waals surface area (Å²) in [6.45, 7) is 0. The minimum Gasteiger partial charge on any atom is -0.369 e. The lowest BCUT2D eigenvalue weighted by Crippen LogP contribution is -2.07. The van der Waals surface area contributed by atoms with Crippen molar-refractivity contribution in [2.24, 2.45) is 9.36 Å². The first-order valence-electron chi connectivity index (χ1n) is 5.94. The van der Waals surface area contributed by atoms with Crippen LogP contribution in [0, 0.1) is 11.3 Å². The van der Waals surface area contributed by atoms with Crippen molar-refractivity contribution in [2.75, 3.05) is 14.1 Å². The number of aliphatic imine (C=N–C) groups is 1. The highest BCUT2D eigenvalue weighted by atomic mass is 32.1. The van der Waals surface area contributed by atoms with Gasteiger partial charge in [-0.1, -0.05) is 0 Å². The normalized spacial score (nSPS) is 14.2. The molecule has 0 unspecified atom stereocenters. The molecule has 0 bridgehead atoms. The van der Waals surface area contributed by atoms with Crippen LogP contribution >= 0.6 is 0 Å². The number of nitriles is 1. The highest BCUT2D eigenvalue weighted by Gasteiger charge is 2.28. The van der Waals surface area contributed by atoms with Crippen LogP contribution in [-0.2, 0) is 11.5 Å². The molecule has 0 atom stereocenters. The molecule has 6 heteroatoms. The minimum absolute atomic E-state index is 0.172. The second-order valence-corrected chi connectivity index (χ2v) is 5.02. The maximum atomic E-state index is 10.6. The van der Waals surface area contributed by atoms with Crippen LogP contribution in [0.1, 0.15) is 29.9 Å². The fourth-order valence-electron chi connectivity index (χ4n) is 1.85. The lowest BCUT2D eigenvalue weighted by Gasteiger charge is -2.08. The summed E-state index contributed by atoms with van der Waals surface area (Å²) >= 11 is 0.172. The molecule has 0 aliphatic heterocycles. The second-order valence-electron chi connectivity index (χ2n) is 4.69. The molecule has 5 nitrogen and oxygen atoms in total. The van der Waals surface area contributed by atoms with Crippen LogP contribution < -0.4 is 0 Å². The van der Waals surface area contributed by atoms with Crippen molar-refractivity contribution < 1.29 is 4.21 Å². The van der Waals surface area contributed by atoms with E-state index in [2.05, 4.69) is 15.4 Å². The van der Waals surface area contributed by atoms with E-state index in [0.717, 1.165) is 18.4 Å². The molecular weight excluding hydrogens is 260 g/mol. The molecule has 0 N–H and O–H groups in total. The molecule has 1 aliphatic rings. The molecule has 98 valence electrons. The van der Waals surface area contributed by atoms with Gasteiger partial charge in [-0.25, -0.2) is 4.99 Å².